The highest BCUT2D eigenvalue weighted by molar-refractivity contribution is 6.05. The van der Waals surface area contributed by atoms with E-state index in [0.29, 0.717) is 25.1 Å². The molecule has 0 aliphatic carbocycles. The molecule has 9 nitrogen and oxygen atoms in total. The quantitative estimate of drug-likeness (QED) is 0.633. The molecule has 4 amide bonds. The SMILES string of the molecule is O=C1CCC(N2Cc3ccc(CN4CCC[C@@H]4C(=O)N4CCNCC4)cc3C2=O)C(=O)N1. The molecular weight excluding hydrogens is 410 g/mol. The van der Waals surface area contributed by atoms with Gasteiger partial charge in [0.05, 0.1) is 6.04 Å². The van der Waals surface area contributed by atoms with Gasteiger partial charge in [0.15, 0.2) is 0 Å². The van der Waals surface area contributed by atoms with E-state index in [-0.39, 0.29) is 30.2 Å². The lowest BCUT2D eigenvalue weighted by Gasteiger charge is -2.33. The fourth-order valence-electron chi connectivity index (χ4n) is 5.33. The number of fused-ring (bicyclic) bond motifs is 1. The van der Waals surface area contributed by atoms with Gasteiger partial charge in [0, 0.05) is 51.3 Å². The second kappa shape index (κ2) is 8.63. The van der Waals surface area contributed by atoms with Gasteiger partial charge in [0.1, 0.15) is 6.04 Å². The zero-order chi connectivity index (χ0) is 22.2. The molecule has 0 aromatic heterocycles. The van der Waals surface area contributed by atoms with E-state index in [1.165, 1.54) is 0 Å². The molecule has 1 aromatic rings. The zero-order valence-electron chi connectivity index (χ0n) is 18.1. The van der Waals surface area contributed by atoms with Crippen LogP contribution < -0.4 is 10.6 Å². The van der Waals surface area contributed by atoms with Gasteiger partial charge in [-0.1, -0.05) is 12.1 Å². The van der Waals surface area contributed by atoms with Gasteiger partial charge in [-0.25, -0.2) is 0 Å². The van der Waals surface area contributed by atoms with Gasteiger partial charge >= 0.3 is 0 Å². The lowest BCUT2D eigenvalue weighted by Crippen LogP contribution is -2.52. The molecule has 3 fully saturated rings. The zero-order valence-corrected chi connectivity index (χ0v) is 18.1. The summed E-state index contributed by atoms with van der Waals surface area (Å²) < 4.78 is 0. The number of imide groups is 1. The van der Waals surface area contributed by atoms with Crippen LogP contribution in [0.15, 0.2) is 18.2 Å². The standard InChI is InChI=1S/C23H29N5O4/c29-20-6-5-18(21(30)25-20)28-14-16-4-3-15(12-17(16)22(28)31)13-27-9-1-2-19(27)23(32)26-10-7-24-8-11-26/h3-4,12,18-19,24H,1-2,5-11,13-14H2,(H,25,29,30)/t18?,19-/m1/s1. The summed E-state index contributed by atoms with van der Waals surface area (Å²) in [6.45, 7) is 5.08. The first-order valence-corrected chi connectivity index (χ1v) is 11.5. The number of hydrogen-bond acceptors (Lipinski definition) is 6. The normalized spacial score (nSPS) is 26.4. The molecule has 4 aliphatic heterocycles. The van der Waals surface area contributed by atoms with Gasteiger partial charge in [-0.05, 0) is 43.0 Å². The summed E-state index contributed by atoms with van der Waals surface area (Å²) >= 11 is 0. The molecule has 170 valence electrons. The maximum atomic E-state index is 13.1. The maximum absolute atomic E-state index is 13.1. The summed E-state index contributed by atoms with van der Waals surface area (Å²) in [5.74, 6) is -0.626. The lowest BCUT2D eigenvalue weighted by molar-refractivity contribution is -0.137. The van der Waals surface area contributed by atoms with Crippen LogP contribution in [0.4, 0.5) is 0 Å². The van der Waals surface area contributed by atoms with Crippen molar-refractivity contribution in [3.05, 3.63) is 34.9 Å². The highest BCUT2D eigenvalue weighted by Gasteiger charge is 2.39. The smallest absolute Gasteiger partial charge is 0.255 e. The number of carbonyl (C=O) groups excluding carboxylic acids is 4. The van der Waals surface area contributed by atoms with E-state index in [0.717, 1.165) is 56.7 Å². The van der Waals surface area contributed by atoms with Gasteiger partial charge in [-0.2, -0.15) is 0 Å². The van der Waals surface area contributed by atoms with E-state index in [1.54, 1.807) is 4.90 Å². The fourth-order valence-corrected chi connectivity index (χ4v) is 5.33. The average molecular weight is 440 g/mol. The Kier molecular flexibility index (Phi) is 5.69. The van der Waals surface area contributed by atoms with Crippen molar-refractivity contribution in [3.8, 4) is 0 Å². The highest BCUT2D eigenvalue weighted by Crippen LogP contribution is 2.29. The third kappa shape index (κ3) is 3.91. The van der Waals surface area contributed by atoms with E-state index in [9.17, 15) is 19.2 Å². The number of nitrogens with one attached hydrogen (secondary N) is 2. The molecule has 4 heterocycles. The predicted molar refractivity (Wildman–Crippen MR) is 115 cm³/mol. The average Bonchev–Trinajstić information content (AvgIpc) is 3.38. The van der Waals surface area contributed by atoms with Crippen LogP contribution in [0.2, 0.25) is 0 Å². The van der Waals surface area contributed by atoms with E-state index in [1.807, 2.05) is 23.1 Å². The molecular formula is C23H29N5O4. The molecule has 0 radical (unpaired) electrons. The molecule has 0 spiro atoms. The van der Waals surface area contributed by atoms with Crippen molar-refractivity contribution in [2.24, 2.45) is 0 Å². The fraction of sp³-hybridized carbons (Fsp3) is 0.565. The molecule has 1 aromatic carbocycles. The summed E-state index contributed by atoms with van der Waals surface area (Å²) in [5, 5.41) is 5.62. The number of hydrogen-bond donors (Lipinski definition) is 2. The number of nitrogens with zero attached hydrogens (tertiary/aromatic N) is 3. The van der Waals surface area contributed by atoms with E-state index in [2.05, 4.69) is 15.5 Å². The Balaban J connectivity index is 1.28. The molecule has 0 saturated carbocycles. The van der Waals surface area contributed by atoms with Gasteiger partial charge in [0.2, 0.25) is 17.7 Å². The topological polar surface area (TPSA) is 102 Å². The van der Waals surface area contributed by atoms with Crippen LogP contribution in [0, 0.1) is 0 Å². The molecule has 2 N–H and O–H groups in total. The Labute approximate surface area is 187 Å². The summed E-state index contributed by atoms with van der Waals surface area (Å²) in [6.07, 6.45) is 2.48. The third-order valence-corrected chi connectivity index (χ3v) is 7.06. The monoisotopic (exact) mass is 439 g/mol. The molecule has 32 heavy (non-hydrogen) atoms. The summed E-state index contributed by atoms with van der Waals surface area (Å²) in [7, 11) is 0. The van der Waals surface area contributed by atoms with E-state index < -0.39 is 11.9 Å². The van der Waals surface area contributed by atoms with Crippen molar-refractivity contribution in [2.75, 3.05) is 32.7 Å². The predicted octanol–water partition coefficient (Wildman–Crippen LogP) is -0.156. The molecule has 3 saturated heterocycles. The number of rotatable bonds is 4. The molecule has 0 bridgehead atoms. The van der Waals surface area contributed by atoms with Crippen LogP contribution in [-0.4, -0.2) is 83.1 Å². The maximum Gasteiger partial charge on any atom is 0.255 e. The lowest BCUT2D eigenvalue weighted by atomic mass is 10.0. The van der Waals surface area contributed by atoms with Gasteiger partial charge in [-0.15, -0.1) is 0 Å². The number of likely N-dealkylation sites (tertiary alicyclic amines) is 1. The van der Waals surface area contributed by atoms with Crippen LogP contribution in [0.3, 0.4) is 0 Å². The first-order chi connectivity index (χ1) is 15.5. The van der Waals surface area contributed by atoms with E-state index >= 15 is 0 Å². The molecule has 9 heteroatoms. The molecule has 2 atom stereocenters. The van der Waals surface area contributed by atoms with Gasteiger partial charge in [-0.3, -0.25) is 29.4 Å². The number of piperazine rings is 1. The number of amides is 4. The highest BCUT2D eigenvalue weighted by atomic mass is 16.2. The van der Waals surface area contributed by atoms with Crippen LogP contribution in [-0.2, 0) is 27.5 Å². The summed E-state index contributed by atoms with van der Waals surface area (Å²) in [5.41, 5.74) is 2.52. The van der Waals surface area contributed by atoms with Crippen molar-refractivity contribution >= 4 is 23.6 Å². The van der Waals surface area contributed by atoms with Gasteiger partial charge in [0.25, 0.3) is 5.91 Å². The van der Waals surface area contributed by atoms with Crippen molar-refractivity contribution < 1.29 is 19.2 Å². The van der Waals surface area contributed by atoms with Crippen molar-refractivity contribution in [2.45, 2.75) is 50.9 Å². The number of piperidine rings is 1. The Morgan fingerprint density at radius 3 is 2.66 bits per heavy atom. The van der Waals surface area contributed by atoms with Crippen LogP contribution >= 0.6 is 0 Å². The van der Waals surface area contributed by atoms with Crippen molar-refractivity contribution in [3.63, 3.8) is 0 Å². The second-order valence-corrected chi connectivity index (χ2v) is 9.10. The summed E-state index contributed by atoms with van der Waals surface area (Å²) in [4.78, 5) is 55.6. The van der Waals surface area contributed by atoms with Crippen LogP contribution in [0.1, 0.15) is 47.2 Å². The molecule has 1 unspecified atom stereocenters. The largest absolute Gasteiger partial charge is 0.339 e. The summed E-state index contributed by atoms with van der Waals surface area (Å²) in [6, 6.07) is 5.18. The Morgan fingerprint density at radius 2 is 1.88 bits per heavy atom. The van der Waals surface area contributed by atoms with E-state index in [4.69, 9.17) is 0 Å². The number of benzene rings is 1. The Bertz CT molecular complexity index is 958. The third-order valence-electron chi connectivity index (χ3n) is 7.06. The van der Waals surface area contributed by atoms with Crippen LogP contribution in [0.5, 0.6) is 0 Å². The Morgan fingerprint density at radius 1 is 1.06 bits per heavy atom. The van der Waals surface area contributed by atoms with Crippen molar-refractivity contribution in [1.29, 1.82) is 0 Å². The minimum absolute atomic E-state index is 0.1000. The van der Waals surface area contributed by atoms with Crippen LogP contribution in [0.25, 0.3) is 0 Å². The second-order valence-electron chi connectivity index (χ2n) is 9.10. The Hall–Kier alpha value is -2.78. The van der Waals surface area contributed by atoms with Gasteiger partial charge < -0.3 is 15.1 Å². The first-order valence-electron chi connectivity index (χ1n) is 11.5. The minimum Gasteiger partial charge on any atom is -0.339 e. The number of carbonyl (C=O) groups is 4. The van der Waals surface area contributed by atoms with Crippen molar-refractivity contribution in [1.82, 2.24) is 25.3 Å². The first kappa shape index (κ1) is 21.1. The molecule has 4 aliphatic rings. The molecule has 5 rings (SSSR count). The minimum atomic E-state index is -0.601.